The number of hydrogen-bond acceptors (Lipinski definition) is 3. The third-order valence-electron chi connectivity index (χ3n) is 7.05. The van der Waals surface area contributed by atoms with Crippen molar-refractivity contribution in [2.75, 3.05) is 0 Å². The average Bonchev–Trinajstić information content (AvgIpc) is 2.74. The van der Waals surface area contributed by atoms with Crippen molar-refractivity contribution in [3.63, 3.8) is 0 Å². The molecule has 4 aliphatic rings. The van der Waals surface area contributed by atoms with Crippen LogP contribution in [0.5, 0.6) is 0 Å². The molecule has 5 heteroatoms. The Kier molecular flexibility index (Phi) is 6.43. The van der Waals surface area contributed by atoms with E-state index >= 15 is 0 Å². The van der Waals surface area contributed by atoms with E-state index in [1.54, 1.807) is 0 Å². The predicted octanol–water partition coefficient (Wildman–Crippen LogP) is 5.27. The molecule has 2 aromatic carbocycles. The van der Waals surface area contributed by atoms with Crippen LogP contribution in [0.2, 0.25) is 0 Å². The van der Waals surface area contributed by atoms with Gasteiger partial charge in [0.2, 0.25) is 0 Å². The van der Waals surface area contributed by atoms with Crippen molar-refractivity contribution in [2.24, 2.45) is 17.8 Å². The summed E-state index contributed by atoms with van der Waals surface area (Å²) in [7, 11) is 0. The molecule has 4 fully saturated rings. The summed E-state index contributed by atoms with van der Waals surface area (Å²) < 4.78 is 0. The monoisotopic (exact) mass is 733 g/mol. The molecule has 0 radical (unpaired) electrons. The fourth-order valence-electron chi connectivity index (χ4n) is 6.30. The fourth-order valence-corrected chi connectivity index (χ4v) is 6.30. The van der Waals surface area contributed by atoms with Crippen LogP contribution in [0, 0.1) is 29.9 Å². The fraction of sp³-hybridized carbons (Fsp3) is 0.400. The maximum absolute atomic E-state index is 5.05. The largest absolute Gasteiger partial charge is 0.308 e. The molecule has 0 saturated heterocycles. The molecular weight excluding hydrogens is 710 g/mol. The van der Waals surface area contributed by atoms with E-state index in [1.807, 2.05) is 48.5 Å². The molecule has 0 aliphatic heterocycles. The summed E-state index contributed by atoms with van der Waals surface area (Å²) in [6.07, 6.45) is 8.01. The van der Waals surface area contributed by atoms with Crippen LogP contribution >= 0.6 is 0 Å². The van der Waals surface area contributed by atoms with E-state index in [2.05, 4.69) is 12.1 Å². The van der Waals surface area contributed by atoms with Gasteiger partial charge in [-0.2, -0.15) is 0 Å². The topological polar surface area (TPSA) is 38.7 Å². The molecule has 0 amide bonds. The Hall–Kier alpha value is -1.17. The maximum atomic E-state index is 5.05. The van der Waals surface area contributed by atoms with Crippen LogP contribution in [0.15, 0.2) is 48.5 Å². The molecular formula is C25H23N3W2-2. The number of hydrogen-bond donors (Lipinski definition) is 0. The minimum Gasteiger partial charge on any atom is -0.308 e. The molecule has 0 spiro atoms. The van der Waals surface area contributed by atoms with E-state index in [0.717, 1.165) is 46.4 Å². The summed E-state index contributed by atoms with van der Waals surface area (Å²) in [4.78, 5) is 14.9. The first kappa shape index (κ1) is 22.0. The van der Waals surface area contributed by atoms with Gasteiger partial charge in [-0.15, -0.1) is 71.8 Å². The minimum absolute atomic E-state index is 0. The summed E-state index contributed by atoms with van der Waals surface area (Å²) in [5, 5.41) is 0. The van der Waals surface area contributed by atoms with Crippen molar-refractivity contribution in [1.29, 1.82) is 0 Å². The van der Waals surface area contributed by atoms with Crippen molar-refractivity contribution in [1.82, 2.24) is 15.0 Å². The summed E-state index contributed by atoms with van der Waals surface area (Å²) in [6, 6.07) is 22.5. The average molecular weight is 733 g/mol. The molecule has 4 saturated carbocycles. The minimum atomic E-state index is 0. The van der Waals surface area contributed by atoms with Gasteiger partial charge in [-0.25, -0.2) is 0 Å². The van der Waals surface area contributed by atoms with Gasteiger partial charge in [0.1, 0.15) is 5.82 Å². The molecule has 30 heavy (non-hydrogen) atoms. The van der Waals surface area contributed by atoms with Gasteiger partial charge in [0.15, 0.2) is 0 Å². The summed E-state index contributed by atoms with van der Waals surface area (Å²) in [5.41, 5.74) is 2.02. The Morgan fingerprint density at radius 1 is 0.667 bits per heavy atom. The number of rotatable bonds is 3. The molecule has 3 nitrogen and oxygen atoms in total. The molecule has 4 aliphatic carbocycles. The summed E-state index contributed by atoms with van der Waals surface area (Å²) in [6.45, 7) is 0. The zero-order valence-corrected chi connectivity index (χ0v) is 22.6. The van der Waals surface area contributed by atoms with Gasteiger partial charge in [0, 0.05) is 47.5 Å². The van der Waals surface area contributed by atoms with E-state index in [-0.39, 0.29) is 47.5 Å². The first-order chi connectivity index (χ1) is 13.8. The number of aromatic nitrogens is 3. The van der Waals surface area contributed by atoms with Crippen LogP contribution in [-0.2, 0) is 47.5 Å². The van der Waals surface area contributed by atoms with Gasteiger partial charge in [-0.05, 0) is 56.3 Å². The van der Waals surface area contributed by atoms with Crippen molar-refractivity contribution in [3.05, 3.63) is 66.5 Å². The molecule has 7 rings (SSSR count). The Balaban J connectivity index is 0.00000109. The van der Waals surface area contributed by atoms with Gasteiger partial charge >= 0.3 is 0 Å². The molecule has 3 aromatic rings. The second kappa shape index (κ2) is 8.75. The smallest absolute Gasteiger partial charge is 0.118 e. The zero-order chi connectivity index (χ0) is 18.6. The van der Waals surface area contributed by atoms with Gasteiger partial charge in [-0.3, -0.25) is 9.97 Å². The van der Waals surface area contributed by atoms with Gasteiger partial charge in [0.05, 0.1) is 11.6 Å². The van der Waals surface area contributed by atoms with E-state index in [9.17, 15) is 0 Å². The first-order valence-corrected chi connectivity index (χ1v) is 10.5. The van der Waals surface area contributed by atoms with Crippen molar-refractivity contribution in [3.8, 4) is 22.8 Å². The third-order valence-corrected chi connectivity index (χ3v) is 7.05. The maximum Gasteiger partial charge on any atom is 0.118 e. The summed E-state index contributed by atoms with van der Waals surface area (Å²) >= 11 is 0. The Labute approximate surface area is 207 Å². The Morgan fingerprint density at radius 2 is 1.13 bits per heavy atom. The van der Waals surface area contributed by atoms with Crippen LogP contribution < -0.4 is 0 Å². The zero-order valence-electron chi connectivity index (χ0n) is 16.8. The standard InChI is InChI=1S/C25H23N3.2W/c1-3-7-20(8-4-1)22-26-23(21-9-5-2-6-10-21)28-24(27-22)25-14-17-11-18(15-25)13-19(12-17)16-25;;/h1-7,9,17-19H,11-16H2;;/q-2;;. The second-order valence-electron chi connectivity index (χ2n) is 9.06. The molecule has 1 aromatic heterocycles. The number of nitrogens with zero attached hydrogens (tertiary/aromatic N) is 3. The van der Waals surface area contributed by atoms with Crippen LogP contribution in [0.25, 0.3) is 22.8 Å². The van der Waals surface area contributed by atoms with Crippen LogP contribution in [0.4, 0.5) is 0 Å². The van der Waals surface area contributed by atoms with E-state index in [1.165, 1.54) is 38.5 Å². The Morgan fingerprint density at radius 3 is 1.53 bits per heavy atom. The van der Waals surface area contributed by atoms with Crippen molar-refractivity contribution < 1.29 is 42.1 Å². The molecule has 4 bridgehead atoms. The van der Waals surface area contributed by atoms with Crippen molar-refractivity contribution in [2.45, 2.75) is 43.9 Å². The van der Waals surface area contributed by atoms with Gasteiger partial charge in [0.25, 0.3) is 0 Å². The Bertz CT molecular complexity index is 914. The molecule has 0 N–H and O–H groups in total. The van der Waals surface area contributed by atoms with Crippen LogP contribution in [-0.4, -0.2) is 15.0 Å². The predicted molar refractivity (Wildman–Crippen MR) is 108 cm³/mol. The molecule has 1 heterocycles. The molecule has 152 valence electrons. The molecule has 0 atom stereocenters. The van der Waals surface area contributed by atoms with Gasteiger partial charge < -0.3 is 4.98 Å². The number of benzene rings is 2. The van der Waals surface area contributed by atoms with E-state index in [4.69, 9.17) is 15.0 Å². The van der Waals surface area contributed by atoms with E-state index in [0.29, 0.717) is 0 Å². The normalized spacial score (nSPS) is 28.5. The first-order valence-electron chi connectivity index (χ1n) is 10.5. The van der Waals surface area contributed by atoms with Crippen LogP contribution in [0.1, 0.15) is 44.3 Å². The quantitative estimate of drug-likeness (QED) is 0.345. The van der Waals surface area contributed by atoms with Crippen LogP contribution in [0.3, 0.4) is 0 Å². The van der Waals surface area contributed by atoms with Gasteiger partial charge in [-0.1, -0.05) is 0 Å². The van der Waals surface area contributed by atoms with Crippen molar-refractivity contribution >= 4 is 0 Å². The SMILES string of the molecule is [W].[W].[c-]1ccccc1-c1nc(-c2[c-]cccc2)nc(C23CC4CC(CC(C4)C2)C3)n1. The molecule has 0 unspecified atom stereocenters. The van der Waals surface area contributed by atoms with E-state index < -0.39 is 0 Å². The summed E-state index contributed by atoms with van der Waals surface area (Å²) in [5.74, 6) is 5.09. The third kappa shape index (κ3) is 3.89. The second-order valence-corrected chi connectivity index (χ2v) is 9.06.